The van der Waals surface area contributed by atoms with Gasteiger partial charge in [0.15, 0.2) is 5.96 Å². The number of likely N-dealkylation sites (tertiary alicyclic amines) is 1. The molecule has 0 spiro atoms. The van der Waals surface area contributed by atoms with Gasteiger partial charge in [0.05, 0.1) is 5.69 Å². The summed E-state index contributed by atoms with van der Waals surface area (Å²) >= 11 is 0. The fraction of sp³-hybridized carbons (Fsp3) is 0.727. The summed E-state index contributed by atoms with van der Waals surface area (Å²) in [5, 5.41) is 7.18. The number of rotatable bonds is 8. The topological polar surface area (TPSA) is 52.6 Å². The Bertz CT molecular complexity index is 588. The van der Waals surface area contributed by atoms with E-state index in [9.17, 15) is 0 Å². The van der Waals surface area contributed by atoms with Crippen LogP contribution in [0.1, 0.15) is 51.1 Å². The van der Waals surface area contributed by atoms with Crippen LogP contribution in [0.5, 0.6) is 0 Å². The molecule has 3 fully saturated rings. The van der Waals surface area contributed by atoms with E-state index in [1.807, 2.05) is 12.3 Å². The molecule has 4 rings (SSSR count). The maximum absolute atomic E-state index is 4.99. The molecule has 1 aliphatic heterocycles. The lowest BCUT2D eigenvalue weighted by Crippen LogP contribution is -2.48. The summed E-state index contributed by atoms with van der Waals surface area (Å²) in [5.41, 5.74) is 1.17. The van der Waals surface area contributed by atoms with Crippen LogP contribution in [0, 0.1) is 17.8 Å². The van der Waals surface area contributed by atoms with Crippen LogP contribution < -0.4 is 10.6 Å². The predicted molar refractivity (Wildman–Crippen MR) is 111 cm³/mol. The predicted octanol–water partition coefficient (Wildman–Crippen LogP) is 3.04. The van der Waals surface area contributed by atoms with Crippen LogP contribution in [0.3, 0.4) is 0 Å². The molecular formula is C22H35N5. The molecular weight excluding hydrogens is 334 g/mol. The van der Waals surface area contributed by atoms with Crippen molar-refractivity contribution in [2.75, 3.05) is 26.2 Å². The van der Waals surface area contributed by atoms with Crippen molar-refractivity contribution in [2.24, 2.45) is 22.7 Å². The van der Waals surface area contributed by atoms with Gasteiger partial charge in [-0.1, -0.05) is 6.07 Å². The average Bonchev–Trinajstić information content (AvgIpc) is 3.59. The number of guanidine groups is 1. The smallest absolute Gasteiger partial charge is 0.191 e. The first-order valence-electron chi connectivity index (χ1n) is 11.0. The van der Waals surface area contributed by atoms with Crippen molar-refractivity contribution in [3.8, 4) is 0 Å². The molecule has 0 atom stereocenters. The highest BCUT2D eigenvalue weighted by Gasteiger charge is 2.41. The first-order valence-corrected chi connectivity index (χ1v) is 11.0. The van der Waals surface area contributed by atoms with E-state index in [1.54, 1.807) is 0 Å². The van der Waals surface area contributed by atoms with Crippen molar-refractivity contribution in [3.63, 3.8) is 0 Å². The van der Waals surface area contributed by atoms with E-state index >= 15 is 0 Å². The normalized spacial score (nSPS) is 22.2. The van der Waals surface area contributed by atoms with Crippen molar-refractivity contribution >= 4 is 5.96 Å². The highest BCUT2D eigenvalue weighted by atomic mass is 15.2. The summed E-state index contributed by atoms with van der Waals surface area (Å²) in [4.78, 5) is 12.0. The van der Waals surface area contributed by atoms with E-state index in [0.29, 0.717) is 6.04 Å². The van der Waals surface area contributed by atoms with Gasteiger partial charge in [0.1, 0.15) is 0 Å². The maximum atomic E-state index is 4.99. The van der Waals surface area contributed by atoms with Gasteiger partial charge in [-0.3, -0.25) is 14.9 Å². The van der Waals surface area contributed by atoms with Crippen LogP contribution in [-0.2, 0) is 6.54 Å². The number of hydrogen-bond donors (Lipinski definition) is 2. The molecule has 0 bridgehead atoms. The van der Waals surface area contributed by atoms with Gasteiger partial charge in [-0.25, -0.2) is 0 Å². The molecule has 1 aromatic heterocycles. The minimum Gasteiger partial charge on any atom is -0.357 e. The standard InChI is InChI=1S/C22H35N5/c1-2-23-22(25-15-21(17-6-7-17)18-8-9-18)26-19-10-13-27(14-11-19)16-20-5-3-4-12-24-20/h3-5,12,17-19,21H,2,6-11,13-16H2,1H3,(H2,23,25,26). The van der Waals surface area contributed by atoms with Gasteiger partial charge in [0.2, 0.25) is 0 Å². The second kappa shape index (κ2) is 9.05. The summed E-state index contributed by atoms with van der Waals surface area (Å²) < 4.78 is 0. The number of piperidine rings is 1. The van der Waals surface area contributed by atoms with Crippen LogP contribution in [0.2, 0.25) is 0 Å². The first-order chi connectivity index (χ1) is 13.3. The molecule has 148 valence electrons. The average molecular weight is 370 g/mol. The highest BCUT2D eigenvalue weighted by molar-refractivity contribution is 5.80. The molecule has 0 aromatic carbocycles. The van der Waals surface area contributed by atoms with Crippen LogP contribution >= 0.6 is 0 Å². The Balaban J connectivity index is 1.24. The largest absolute Gasteiger partial charge is 0.357 e. The van der Waals surface area contributed by atoms with Crippen LogP contribution in [0.25, 0.3) is 0 Å². The van der Waals surface area contributed by atoms with Crippen molar-refractivity contribution < 1.29 is 0 Å². The van der Waals surface area contributed by atoms with Gasteiger partial charge < -0.3 is 10.6 Å². The zero-order valence-corrected chi connectivity index (χ0v) is 16.7. The molecule has 1 saturated heterocycles. The van der Waals surface area contributed by atoms with Gasteiger partial charge in [-0.15, -0.1) is 0 Å². The Morgan fingerprint density at radius 1 is 1.15 bits per heavy atom. The lowest BCUT2D eigenvalue weighted by Gasteiger charge is -2.33. The number of hydrogen-bond acceptors (Lipinski definition) is 3. The number of nitrogens with zero attached hydrogens (tertiary/aromatic N) is 3. The zero-order chi connectivity index (χ0) is 18.5. The van der Waals surface area contributed by atoms with Crippen molar-refractivity contribution in [2.45, 2.75) is 58.0 Å². The third kappa shape index (κ3) is 5.68. The lowest BCUT2D eigenvalue weighted by atomic mass is 9.98. The number of aliphatic imine (C=N–C) groups is 1. The first kappa shape index (κ1) is 18.7. The fourth-order valence-corrected chi connectivity index (χ4v) is 4.40. The number of aromatic nitrogens is 1. The molecule has 0 radical (unpaired) electrons. The third-order valence-corrected chi connectivity index (χ3v) is 6.30. The van der Waals surface area contributed by atoms with E-state index < -0.39 is 0 Å². The van der Waals surface area contributed by atoms with E-state index in [1.165, 1.54) is 44.2 Å². The second-order valence-corrected chi connectivity index (χ2v) is 8.57. The van der Waals surface area contributed by atoms with Gasteiger partial charge in [-0.2, -0.15) is 0 Å². The van der Waals surface area contributed by atoms with Crippen molar-refractivity contribution in [1.82, 2.24) is 20.5 Å². The van der Waals surface area contributed by atoms with Crippen molar-refractivity contribution in [3.05, 3.63) is 30.1 Å². The molecule has 0 amide bonds. The molecule has 27 heavy (non-hydrogen) atoms. The molecule has 5 heteroatoms. The van der Waals surface area contributed by atoms with Gasteiger partial charge in [0.25, 0.3) is 0 Å². The van der Waals surface area contributed by atoms with E-state index in [4.69, 9.17) is 4.99 Å². The summed E-state index contributed by atoms with van der Waals surface area (Å²) in [5.74, 6) is 3.82. The van der Waals surface area contributed by atoms with Crippen LogP contribution in [0.15, 0.2) is 29.4 Å². The third-order valence-electron chi connectivity index (χ3n) is 6.30. The quantitative estimate of drug-likeness (QED) is 0.546. The molecule has 2 N–H and O–H groups in total. The Hall–Kier alpha value is -1.62. The number of nitrogens with one attached hydrogen (secondary N) is 2. The van der Waals surface area contributed by atoms with E-state index in [2.05, 4.69) is 39.6 Å². The SMILES string of the molecule is CCNC(=NCC(C1CC1)C1CC1)NC1CCN(Cc2ccccn2)CC1. The highest BCUT2D eigenvalue weighted by Crippen LogP contribution is 2.49. The van der Waals surface area contributed by atoms with Crippen LogP contribution in [0.4, 0.5) is 0 Å². The van der Waals surface area contributed by atoms with Gasteiger partial charge in [0, 0.05) is 45.0 Å². The Morgan fingerprint density at radius 2 is 1.89 bits per heavy atom. The Morgan fingerprint density at radius 3 is 2.48 bits per heavy atom. The minimum absolute atomic E-state index is 0.531. The van der Waals surface area contributed by atoms with Crippen molar-refractivity contribution in [1.29, 1.82) is 0 Å². The van der Waals surface area contributed by atoms with E-state index in [0.717, 1.165) is 56.4 Å². The summed E-state index contributed by atoms with van der Waals surface area (Å²) in [6.45, 7) is 7.32. The van der Waals surface area contributed by atoms with E-state index in [-0.39, 0.29) is 0 Å². The molecule has 1 aromatic rings. The summed E-state index contributed by atoms with van der Waals surface area (Å²) in [6, 6.07) is 6.71. The molecule has 5 nitrogen and oxygen atoms in total. The molecule has 2 aliphatic carbocycles. The Kier molecular flexibility index (Phi) is 6.28. The molecule has 0 unspecified atom stereocenters. The molecule has 2 heterocycles. The van der Waals surface area contributed by atoms with Crippen LogP contribution in [-0.4, -0.2) is 48.1 Å². The number of pyridine rings is 1. The van der Waals surface area contributed by atoms with Gasteiger partial charge in [-0.05, 0) is 75.3 Å². The molecule has 3 aliphatic rings. The lowest BCUT2D eigenvalue weighted by molar-refractivity contribution is 0.196. The second-order valence-electron chi connectivity index (χ2n) is 8.57. The molecule has 2 saturated carbocycles. The minimum atomic E-state index is 0.531. The summed E-state index contributed by atoms with van der Waals surface area (Å²) in [6.07, 6.45) is 9.99. The fourth-order valence-electron chi connectivity index (χ4n) is 4.40. The van der Waals surface area contributed by atoms with Gasteiger partial charge >= 0.3 is 0 Å². The zero-order valence-electron chi connectivity index (χ0n) is 16.7. The Labute approximate surface area is 164 Å². The maximum Gasteiger partial charge on any atom is 0.191 e. The summed E-state index contributed by atoms with van der Waals surface area (Å²) in [7, 11) is 0. The monoisotopic (exact) mass is 369 g/mol.